The summed E-state index contributed by atoms with van der Waals surface area (Å²) in [7, 11) is 0. The van der Waals surface area contributed by atoms with E-state index >= 15 is 0 Å². The lowest BCUT2D eigenvalue weighted by Crippen LogP contribution is -2.64. The van der Waals surface area contributed by atoms with E-state index in [9.17, 15) is 9.90 Å². The zero-order valence-electron chi connectivity index (χ0n) is 47.1. The van der Waals surface area contributed by atoms with Crippen molar-refractivity contribution in [2.24, 2.45) is 0 Å². The molecule has 3 aliphatic heterocycles. The van der Waals surface area contributed by atoms with Crippen LogP contribution in [0.5, 0.6) is 0 Å². The highest BCUT2D eigenvalue weighted by Gasteiger charge is 2.53. The molecule has 7 aromatic rings. The summed E-state index contributed by atoms with van der Waals surface area (Å²) in [6.45, 7) is 2.54. The molecule has 0 saturated carbocycles. The van der Waals surface area contributed by atoms with Gasteiger partial charge in [-0.25, -0.2) is 0 Å². The molecule has 2 fully saturated rings. The molecule has 1 N–H and O–H groups in total. The number of rotatable bonds is 29. The Labute approximate surface area is 491 Å². The van der Waals surface area contributed by atoms with E-state index in [4.69, 9.17) is 61.6 Å². The van der Waals surface area contributed by atoms with Crippen LogP contribution in [0.1, 0.15) is 45.9 Å². The van der Waals surface area contributed by atoms with E-state index in [-0.39, 0.29) is 59.5 Å². The molecule has 2 saturated heterocycles. The van der Waals surface area contributed by atoms with Crippen LogP contribution < -0.4 is 0 Å². The molecular formula is C69H74O15. The Morgan fingerprint density at radius 2 is 0.714 bits per heavy atom. The molecule has 0 radical (unpaired) electrons. The summed E-state index contributed by atoms with van der Waals surface area (Å²) in [5.74, 6) is -0.589. The van der Waals surface area contributed by atoms with E-state index in [0.717, 1.165) is 38.9 Å². The van der Waals surface area contributed by atoms with Crippen molar-refractivity contribution in [2.45, 2.75) is 133 Å². The molecule has 3 aliphatic rings. The minimum Gasteiger partial charge on any atom is -0.493 e. The van der Waals surface area contributed by atoms with E-state index in [2.05, 4.69) is 0 Å². The second kappa shape index (κ2) is 31.8. The molecule has 15 heteroatoms. The van der Waals surface area contributed by atoms with Crippen LogP contribution in [0.3, 0.4) is 0 Å². The normalized spacial score (nSPS) is 25.8. The van der Waals surface area contributed by atoms with Crippen LogP contribution in [0, 0.1) is 0 Å². The monoisotopic (exact) mass is 1140 g/mol. The number of aliphatic hydroxyl groups excluding tert-OH is 1. The highest BCUT2D eigenvalue weighted by atomic mass is 16.8. The van der Waals surface area contributed by atoms with E-state index < -0.39 is 85.7 Å². The zero-order chi connectivity index (χ0) is 57.6. The van der Waals surface area contributed by atoms with Crippen molar-refractivity contribution in [2.75, 3.05) is 19.8 Å². The van der Waals surface area contributed by atoms with Crippen molar-refractivity contribution in [1.82, 2.24) is 0 Å². The molecule has 10 rings (SSSR count). The fourth-order valence-corrected chi connectivity index (χ4v) is 10.4. The van der Waals surface area contributed by atoms with Gasteiger partial charge in [0.2, 0.25) is 0 Å². The highest BCUT2D eigenvalue weighted by molar-refractivity contribution is 5.66. The predicted molar refractivity (Wildman–Crippen MR) is 311 cm³/mol. The lowest BCUT2D eigenvalue weighted by Gasteiger charge is -2.47. The van der Waals surface area contributed by atoms with Crippen molar-refractivity contribution in [1.29, 1.82) is 0 Å². The van der Waals surface area contributed by atoms with Crippen LogP contribution in [-0.2, 0) is 113 Å². The Bertz CT molecular complexity index is 2980. The highest BCUT2D eigenvalue weighted by Crippen LogP contribution is 2.35. The van der Waals surface area contributed by atoms with Crippen LogP contribution in [0.2, 0.25) is 0 Å². The summed E-state index contributed by atoms with van der Waals surface area (Å²) < 4.78 is 86.6. The fourth-order valence-electron chi connectivity index (χ4n) is 10.4. The Hall–Kier alpha value is -6.93. The quantitative estimate of drug-likeness (QED) is 0.0442. The van der Waals surface area contributed by atoms with Crippen LogP contribution in [0.15, 0.2) is 225 Å². The van der Waals surface area contributed by atoms with Gasteiger partial charge in [0.1, 0.15) is 54.9 Å². The van der Waals surface area contributed by atoms with Crippen LogP contribution in [0.25, 0.3) is 0 Å². The number of aliphatic hydroxyl groups is 1. The first-order chi connectivity index (χ1) is 41.4. The molecular weight excluding hydrogens is 1070 g/mol. The number of esters is 1. The molecule has 0 spiro atoms. The smallest absolute Gasteiger partial charge is 0.303 e. The van der Waals surface area contributed by atoms with Gasteiger partial charge in [-0.1, -0.05) is 212 Å². The molecule has 3 heterocycles. The minimum absolute atomic E-state index is 0.0546. The van der Waals surface area contributed by atoms with Crippen molar-refractivity contribution in [3.05, 3.63) is 264 Å². The predicted octanol–water partition coefficient (Wildman–Crippen LogP) is 10.4. The number of ether oxygens (including phenoxy) is 13. The van der Waals surface area contributed by atoms with Crippen molar-refractivity contribution in [3.8, 4) is 0 Å². The maximum Gasteiger partial charge on any atom is 0.303 e. The maximum atomic E-state index is 13.3. The van der Waals surface area contributed by atoms with Crippen molar-refractivity contribution >= 4 is 5.97 Å². The van der Waals surface area contributed by atoms with Crippen LogP contribution in [-0.4, -0.2) is 111 Å². The third-order valence-corrected chi connectivity index (χ3v) is 14.7. The molecule has 7 aromatic carbocycles. The van der Waals surface area contributed by atoms with Gasteiger partial charge in [0, 0.05) is 6.92 Å². The molecule has 440 valence electrons. The molecule has 0 unspecified atom stereocenters. The van der Waals surface area contributed by atoms with Gasteiger partial charge in [-0.3, -0.25) is 4.79 Å². The number of carbonyl (C=O) groups is 1. The number of hydrogen-bond acceptors (Lipinski definition) is 15. The summed E-state index contributed by atoms with van der Waals surface area (Å²) in [6.07, 6.45) is -9.23. The van der Waals surface area contributed by atoms with Gasteiger partial charge < -0.3 is 66.7 Å². The minimum atomic E-state index is -1.40. The largest absolute Gasteiger partial charge is 0.493 e. The second-order valence-corrected chi connectivity index (χ2v) is 20.9. The average molecular weight is 1140 g/mol. The molecule has 0 aromatic heterocycles. The Kier molecular flexibility index (Phi) is 22.8. The SMILES string of the molecule is CC(=O)O[C@H]1[C@@H](OC[C@H]2O[C@H](OC[C@H]3OC=C[C@@H](OCc4ccccc4)[C@@H]3OCc3ccccc3)[C@H](O)[C@@H](OCc3ccccc3)[C@@H]2OCc2ccccc2)O[C@H](COCc2ccccc2)[C@@H](OCc2ccccc2)[C@@H]1OCc1ccccc1. The summed E-state index contributed by atoms with van der Waals surface area (Å²) >= 11 is 0. The van der Waals surface area contributed by atoms with Gasteiger partial charge in [-0.05, 0) is 45.0 Å². The summed E-state index contributed by atoms with van der Waals surface area (Å²) in [6, 6.07) is 68.5. The first kappa shape index (κ1) is 60.2. The van der Waals surface area contributed by atoms with E-state index in [1.165, 1.54) is 6.92 Å². The molecule has 0 bridgehead atoms. The summed E-state index contributed by atoms with van der Waals surface area (Å²) in [4.78, 5) is 13.3. The van der Waals surface area contributed by atoms with Crippen molar-refractivity contribution < 1.29 is 71.5 Å². The number of hydrogen-bond donors (Lipinski definition) is 1. The standard InChI is InChI=1S/C69H74O15/c1-49(70)82-67-66(79-45-56-35-21-8-22-36-56)64(77-43-54-31-17-6-18-32-54)59(46-72-39-50-23-9-2-10-24-50)84-69(67)81-48-60-63(76-42-53-29-15-5-16-30-53)65(78-44-55-33-19-7-20-34-55)61(71)68(83-60)80-47-58-62(75-41-52-27-13-4-14-28-52)57(37-38-73-58)74-40-51-25-11-3-12-26-51/h2-38,57-69,71H,39-48H2,1H3/t57-,58-,59-,60-,61-,62+,63-,64-,65-,66+,67-,68+,69+/m1/s1. The lowest BCUT2D eigenvalue weighted by atomic mass is 9.97. The summed E-state index contributed by atoms with van der Waals surface area (Å²) in [5, 5.41) is 12.6. The third-order valence-electron chi connectivity index (χ3n) is 14.7. The maximum absolute atomic E-state index is 13.3. The number of carbonyl (C=O) groups excluding carboxylic acids is 1. The van der Waals surface area contributed by atoms with Gasteiger partial charge in [-0.2, -0.15) is 0 Å². The Morgan fingerprint density at radius 3 is 1.17 bits per heavy atom. The van der Waals surface area contributed by atoms with Gasteiger partial charge >= 0.3 is 5.97 Å². The molecule has 0 amide bonds. The van der Waals surface area contributed by atoms with E-state index in [1.54, 1.807) is 6.26 Å². The first-order valence-electron chi connectivity index (χ1n) is 28.7. The summed E-state index contributed by atoms with van der Waals surface area (Å²) in [5.41, 5.74) is 6.49. The topological polar surface area (TPSA) is 157 Å². The van der Waals surface area contributed by atoms with Gasteiger partial charge in [-0.15, -0.1) is 0 Å². The lowest BCUT2D eigenvalue weighted by molar-refractivity contribution is -0.347. The van der Waals surface area contributed by atoms with Gasteiger partial charge in [0.25, 0.3) is 0 Å². The molecule has 13 atom stereocenters. The number of benzene rings is 7. The molecule has 15 nitrogen and oxygen atoms in total. The first-order valence-corrected chi connectivity index (χ1v) is 28.7. The Balaban J connectivity index is 0.949. The molecule has 84 heavy (non-hydrogen) atoms. The van der Waals surface area contributed by atoms with Crippen LogP contribution in [0.4, 0.5) is 0 Å². The van der Waals surface area contributed by atoms with E-state index in [1.807, 2.05) is 218 Å². The van der Waals surface area contributed by atoms with Crippen molar-refractivity contribution in [3.63, 3.8) is 0 Å². The zero-order valence-corrected chi connectivity index (χ0v) is 47.1. The van der Waals surface area contributed by atoms with Gasteiger partial charge in [0.05, 0.1) is 72.3 Å². The van der Waals surface area contributed by atoms with E-state index in [0.29, 0.717) is 6.61 Å². The second-order valence-electron chi connectivity index (χ2n) is 20.9. The van der Waals surface area contributed by atoms with Gasteiger partial charge in [0.15, 0.2) is 24.8 Å². The van der Waals surface area contributed by atoms with Crippen LogP contribution >= 0.6 is 0 Å². The average Bonchev–Trinajstić information content (AvgIpc) is 2.89. The fraction of sp³-hybridized carbons (Fsp3) is 0.348. The third kappa shape index (κ3) is 17.6. The molecule has 0 aliphatic carbocycles. The Morgan fingerprint density at radius 1 is 0.369 bits per heavy atom.